The Kier molecular flexibility index (Phi) is 3.55. The zero-order valence-electron chi connectivity index (χ0n) is 9.75. The number of benzene rings is 1. The molecule has 0 unspecified atom stereocenters. The minimum Gasteiger partial charge on any atom is -0.381 e. The molecule has 104 valence electrons. The van der Waals surface area contributed by atoms with Gasteiger partial charge in [0.25, 0.3) is 5.91 Å². The van der Waals surface area contributed by atoms with Crippen molar-refractivity contribution in [1.82, 2.24) is 4.98 Å². The van der Waals surface area contributed by atoms with Gasteiger partial charge in [-0.25, -0.2) is 22.5 Å². The van der Waals surface area contributed by atoms with E-state index >= 15 is 0 Å². The Bertz CT molecular complexity index is 667. The number of rotatable bonds is 2. The van der Waals surface area contributed by atoms with Crippen LogP contribution in [0.25, 0.3) is 0 Å². The van der Waals surface area contributed by atoms with Crippen LogP contribution >= 0.6 is 0 Å². The number of nitrogens with one attached hydrogen (secondary N) is 1. The van der Waals surface area contributed by atoms with Crippen LogP contribution in [-0.2, 0) is 0 Å². The summed E-state index contributed by atoms with van der Waals surface area (Å²) in [5.41, 5.74) is 3.74. The highest BCUT2D eigenvalue weighted by Crippen LogP contribution is 2.22. The lowest BCUT2D eigenvalue weighted by Gasteiger charge is -2.09. The van der Waals surface area contributed by atoms with Gasteiger partial charge in [-0.05, 0) is 6.07 Å². The van der Waals surface area contributed by atoms with Crippen LogP contribution in [0.3, 0.4) is 0 Å². The van der Waals surface area contributed by atoms with Crippen molar-refractivity contribution < 1.29 is 22.4 Å². The Hall–Kier alpha value is -2.64. The highest BCUT2D eigenvalue weighted by Gasteiger charge is 2.19. The first kappa shape index (κ1) is 13.8. The first-order valence-corrected chi connectivity index (χ1v) is 5.26. The zero-order valence-corrected chi connectivity index (χ0v) is 9.75. The van der Waals surface area contributed by atoms with Crippen LogP contribution in [0.1, 0.15) is 10.4 Å². The summed E-state index contributed by atoms with van der Waals surface area (Å²) in [5.74, 6) is -6.57. The topological polar surface area (TPSA) is 68.0 Å². The van der Waals surface area contributed by atoms with Gasteiger partial charge >= 0.3 is 0 Å². The molecule has 0 saturated carbocycles. The van der Waals surface area contributed by atoms with Crippen molar-refractivity contribution in [3.05, 3.63) is 53.2 Å². The van der Waals surface area contributed by atoms with E-state index in [1.807, 2.05) is 5.32 Å². The van der Waals surface area contributed by atoms with E-state index in [-0.39, 0.29) is 0 Å². The van der Waals surface area contributed by atoms with E-state index in [2.05, 4.69) is 4.98 Å². The lowest BCUT2D eigenvalue weighted by atomic mass is 10.2. The van der Waals surface area contributed by atoms with Crippen molar-refractivity contribution >= 4 is 17.4 Å². The molecule has 8 heteroatoms. The standard InChI is InChI=1S/C12H7F4N3O/c13-5-3-7(14)10(8(15)4-5)19-12(20)6-1-2-18-11(17)9(6)16/h1-4H,(H2,17,18)(H,19,20). The van der Waals surface area contributed by atoms with E-state index < -0.39 is 46.2 Å². The normalized spacial score (nSPS) is 10.4. The van der Waals surface area contributed by atoms with Crippen molar-refractivity contribution in [3.63, 3.8) is 0 Å². The Morgan fingerprint density at radius 1 is 1.15 bits per heavy atom. The van der Waals surface area contributed by atoms with Gasteiger partial charge < -0.3 is 11.1 Å². The van der Waals surface area contributed by atoms with E-state index in [4.69, 9.17) is 5.73 Å². The largest absolute Gasteiger partial charge is 0.381 e. The molecule has 4 nitrogen and oxygen atoms in total. The molecule has 0 saturated heterocycles. The molecule has 2 rings (SSSR count). The molecule has 1 heterocycles. The predicted molar refractivity (Wildman–Crippen MR) is 62.9 cm³/mol. The van der Waals surface area contributed by atoms with E-state index in [1.165, 1.54) is 0 Å². The van der Waals surface area contributed by atoms with Crippen molar-refractivity contribution in [2.24, 2.45) is 0 Å². The fourth-order valence-corrected chi connectivity index (χ4v) is 1.48. The summed E-state index contributed by atoms with van der Waals surface area (Å²) >= 11 is 0. The second kappa shape index (κ2) is 5.16. The smallest absolute Gasteiger partial charge is 0.258 e. The number of nitrogens with two attached hydrogens (primary N) is 1. The number of anilines is 2. The Morgan fingerprint density at radius 2 is 1.75 bits per heavy atom. The third-order valence-corrected chi connectivity index (χ3v) is 2.41. The van der Waals surface area contributed by atoms with Crippen LogP contribution < -0.4 is 11.1 Å². The van der Waals surface area contributed by atoms with Gasteiger partial charge in [-0.2, -0.15) is 0 Å². The number of aromatic nitrogens is 1. The van der Waals surface area contributed by atoms with Crippen LogP contribution in [0.15, 0.2) is 24.4 Å². The van der Waals surface area contributed by atoms with E-state index in [0.29, 0.717) is 12.1 Å². The quantitative estimate of drug-likeness (QED) is 0.833. The lowest BCUT2D eigenvalue weighted by Crippen LogP contribution is -2.17. The molecule has 20 heavy (non-hydrogen) atoms. The number of hydrogen-bond donors (Lipinski definition) is 2. The molecule has 1 aromatic heterocycles. The van der Waals surface area contributed by atoms with Crippen LogP contribution in [0.4, 0.5) is 29.1 Å². The fourth-order valence-electron chi connectivity index (χ4n) is 1.48. The van der Waals surface area contributed by atoms with Crippen LogP contribution in [0, 0.1) is 23.3 Å². The van der Waals surface area contributed by atoms with Crippen molar-refractivity contribution in [3.8, 4) is 0 Å². The minimum atomic E-state index is -1.32. The summed E-state index contributed by atoms with van der Waals surface area (Å²) in [4.78, 5) is 15.1. The number of amides is 1. The Labute approximate surface area is 110 Å². The van der Waals surface area contributed by atoms with E-state index in [1.54, 1.807) is 0 Å². The molecule has 0 aliphatic carbocycles. The third kappa shape index (κ3) is 2.53. The third-order valence-electron chi connectivity index (χ3n) is 2.41. The van der Waals surface area contributed by atoms with Gasteiger partial charge in [0.2, 0.25) is 0 Å². The monoisotopic (exact) mass is 285 g/mol. The summed E-state index contributed by atoms with van der Waals surface area (Å²) in [6.07, 6.45) is 1.06. The molecule has 0 bridgehead atoms. The minimum absolute atomic E-state index is 0.385. The van der Waals surface area contributed by atoms with Gasteiger partial charge in [0, 0.05) is 18.3 Å². The summed E-state index contributed by atoms with van der Waals surface area (Å²) < 4.78 is 52.9. The molecule has 0 aliphatic heterocycles. The molecule has 2 aromatic rings. The number of halogens is 4. The molecule has 0 fully saturated rings. The van der Waals surface area contributed by atoms with Crippen molar-refractivity contribution in [2.45, 2.75) is 0 Å². The van der Waals surface area contributed by atoms with Gasteiger partial charge in [0.15, 0.2) is 23.3 Å². The molecule has 0 radical (unpaired) electrons. The molecule has 0 atom stereocenters. The fraction of sp³-hybridized carbons (Fsp3) is 0. The number of pyridine rings is 1. The number of nitrogens with zero attached hydrogens (tertiary/aromatic N) is 1. The van der Waals surface area contributed by atoms with Crippen LogP contribution in [0.2, 0.25) is 0 Å². The summed E-state index contributed by atoms with van der Waals surface area (Å²) in [6, 6.07) is 1.76. The van der Waals surface area contributed by atoms with Gasteiger partial charge in [-0.15, -0.1) is 0 Å². The first-order chi connectivity index (χ1) is 9.40. The molecule has 3 N–H and O–H groups in total. The Balaban J connectivity index is 2.36. The Morgan fingerprint density at radius 3 is 2.35 bits per heavy atom. The lowest BCUT2D eigenvalue weighted by molar-refractivity contribution is 0.102. The summed E-state index contributed by atoms with van der Waals surface area (Å²) in [7, 11) is 0. The maximum absolute atomic E-state index is 13.5. The molecule has 1 amide bonds. The van der Waals surface area contributed by atoms with Gasteiger partial charge in [0.1, 0.15) is 11.5 Å². The molecule has 0 aliphatic rings. The summed E-state index contributed by atoms with van der Waals surface area (Å²) in [5, 5.41) is 1.81. The average Bonchev–Trinajstić information content (AvgIpc) is 2.36. The average molecular weight is 285 g/mol. The predicted octanol–water partition coefficient (Wildman–Crippen LogP) is 2.47. The van der Waals surface area contributed by atoms with Crippen molar-refractivity contribution in [1.29, 1.82) is 0 Å². The number of carbonyl (C=O) groups is 1. The van der Waals surface area contributed by atoms with E-state index in [0.717, 1.165) is 12.3 Å². The van der Waals surface area contributed by atoms with Crippen LogP contribution in [0.5, 0.6) is 0 Å². The van der Waals surface area contributed by atoms with Gasteiger partial charge in [-0.1, -0.05) is 0 Å². The molecule has 1 aromatic carbocycles. The van der Waals surface area contributed by atoms with Crippen LogP contribution in [-0.4, -0.2) is 10.9 Å². The van der Waals surface area contributed by atoms with Gasteiger partial charge in [0.05, 0.1) is 5.56 Å². The maximum atomic E-state index is 13.5. The summed E-state index contributed by atoms with van der Waals surface area (Å²) in [6.45, 7) is 0. The second-order valence-electron chi connectivity index (χ2n) is 3.76. The first-order valence-electron chi connectivity index (χ1n) is 5.26. The van der Waals surface area contributed by atoms with Crippen molar-refractivity contribution in [2.75, 3.05) is 11.1 Å². The SMILES string of the molecule is Nc1nccc(C(=O)Nc2c(F)cc(F)cc2F)c1F. The number of hydrogen-bond acceptors (Lipinski definition) is 3. The second-order valence-corrected chi connectivity index (χ2v) is 3.76. The number of nitrogen functional groups attached to an aromatic ring is 1. The van der Waals surface area contributed by atoms with E-state index in [9.17, 15) is 22.4 Å². The van der Waals surface area contributed by atoms with Gasteiger partial charge in [-0.3, -0.25) is 4.79 Å². The molecular weight excluding hydrogens is 278 g/mol. The highest BCUT2D eigenvalue weighted by molar-refractivity contribution is 6.04. The maximum Gasteiger partial charge on any atom is 0.258 e. The highest BCUT2D eigenvalue weighted by atomic mass is 19.1. The zero-order chi connectivity index (χ0) is 14.9. The molecule has 0 spiro atoms. The molecular formula is C12H7F4N3O. The number of carbonyl (C=O) groups excluding carboxylic acids is 1.